The molecule has 9 nitrogen and oxygen atoms in total. The van der Waals surface area contributed by atoms with Crippen LogP contribution in [0.2, 0.25) is 5.02 Å². The van der Waals surface area contributed by atoms with Crippen LogP contribution in [0.3, 0.4) is 0 Å². The molecule has 0 spiro atoms. The number of hydrogen-bond donors (Lipinski definition) is 1. The predicted molar refractivity (Wildman–Crippen MR) is 152 cm³/mol. The highest BCUT2D eigenvalue weighted by molar-refractivity contribution is 7.88. The van der Waals surface area contributed by atoms with Gasteiger partial charge in [-0.2, -0.15) is 0 Å². The molecule has 0 bridgehead atoms. The van der Waals surface area contributed by atoms with Crippen LogP contribution in [0.1, 0.15) is 51.5 Å². The second-order valence-electron chi connectivity index (χ2n) is 11.9. The molecule has 3 saturated heterocycles. The van der Waals surface area contributed by atoms with Gasteiger partial charge in [-0.3, -0.25) is 14.5 Å². The van der Waals surface area contributed by atoms with Gasteiger partial charge >= 0.3 is 0 Å². The molecule has 1 N–H and O–H groups in total. The highest BCUT2D eigenvalue weighted by atomic mass is 35.5. The first-order chi connectivity index (χ1) is 18.8. The molecule has 3 aliphatic heterocycles. The van der Waals surface area contributed by atoms with E-state index in [1.54, 1.807) is 17.0 Å². The molecule has 12 heteroatoms. The highest BCUT2D eigenvalue weighted by Crippen LogP contribution is 2.38. The maximum Gasteiger partial charge on any atom is 0.240 e. The van der Waals surface area contributed by atoms with Crippen LogP contribution in [0.5, 0.6) is 0 Å². The minimum Gasteiger partial charge on any atom is -0.381 e. The van der Waals surface area contributed by atoms with Crippen molar-refractivity contribution in [2.75, 3.05) is 52.2 Å². The molecule has 2 amide bonds. The van der Waals surface area contributed by atoms with E-state index in [0.717, 1.165) is 19.1 Å². The van der Waals surface area contributed by atoms with Crippen molar-refractivity contribution in [3.63, 3.8) is 0 Å². The molecular formula is C28H42ClFN4O5S. The first kappa shape index (κ1) is 31.2. The van der Waals surface area contributed by atoms with E-state index in [0.29, 0.717) is 62.9 Å². The van der Waals surface area contributed by atoms with E-state index in [4.69, 9.17) is 16.3 Å². The lowest BCUT2D eigenvalue weighted by molar-refractivity contribution is -0.146. The number of halogens is 2. The van der Waals surface area contributed by atoms with Gasteiger partial charge in [-0.15, -0.1) is 0 Å². The molecule has 224 valence electrons. The van der Waals surface area contributed by atoms with Gasteiger partial charge in [0.25, 0.3) is 0 Å². The van der Waals surface area contributed by atoms with Crippen LogP contribution in [-0.2, 0) is 24.3 Å². The van der Waals surface area contributed by atoms with Gasteiger partial charge in [0.05, 0.1) is 12.2 Å². The van der Waals surface area contributed by atoms with Crippen molar-refractivity contribution in [3.8, 4) is 0 Å². The summed E-state index contributed by atoms with van der Waals surface area (Å²) in [5.74, 6) is -1.33. The van der Waals surface area contributed by atoms with E-state index in [-0.39, 0.29) is 35.7 Å². The van der Waals surface area contributed by atoms with Gasteiger partial charge in [-0.25, -0.2) is 17.5 Å². The molecule has 0 saturated carbocycles. The maximum absolute atomic E-state index is 15.1. The Morgan fingerprint density at radius 2 is 1.85 bits per heavy atom. The van der Waals surface area contributed by atoms with Crippen molar-refractivity contribution < 1.29 is 27.1 Å². The van der Waals surface area contributed by atoms with E-state index in [1.807, 2.05) is 25.7 Å². The Balaban J connectivity index is 1.50. The SMILES string of the molecule is CC(C)CC(NS(C)(=O)=O)C(=O)N1CCN(C(=O)[C@@H]2CN(C3CCOCC3)C[C@H]2c2ccc(Cl)cc2F)[C@@H](C)C1. The molecule has 1 aromatic carbocycles. The number of piperazine rings is 1. The largest absolute Gasteiger partial charge is 0.381 e. The average Bonchev–Trinajstić information content (AvgIpc) is 3.32. The number of ether oxygens (including phenoxy) is 1. The Kier molecular flexibility index (Phi) is 10.1. The third-order valence-electron chi connectivity index (χ3n) is 8.32. The van der Waals surface area contributed by atoms with Crippen molar-refractivity contribution in [1.82, 2.24) is 19.4 Å². The molecule has 4 atom stereocenters. The van der Waals surface area contributed by atoms with E-state index >= 15 is 4.39 Å². The van der Waals surface area contributed by atoms with Gasteiger partial charge < -0.3 is 14.5 Å². The Labute approximate surface area is 242 Å². The Bertz CT molecular complexity index is 1180. The highest BCUT2D eigenvalue weighted by Gasteiger charge is 2.45. The third kappa shape index (κ3) is 7.53. The summed E-state index contributed by atoms with van der Waals surface area (Å²) in [5, 5.41) is 0.318. The van der Waals surface area contributed by atoms with Crippen LogP contribution in [0.15, 0.2) is 18.2 Å². The number of benzene rings is 1. The summed E-state index contributed by atoms with van der Waals surface area (Å²) >= 11 is 6.03. The summed E-state index contributed by atoms with van der Waals surface area (Å²) in [7, 11) is -3.57. The Morgan fingerprint density at radius 1 is 1.15 bits per heavy atom. The summed E-state index contributed by atoms with van der Waals surface area (Å²) in [6, 6.07) is 3.85. The molecule has 40 heavy (non-hydrogen) atoms. The monoisotopic (exact) mass is 600 g/mol. The minimum absolute atomic E-state index is 0.0403. The number of hydrogen-bond acceptors (Lipinski definition) is 6. The van der Waals surface area contributed by atoms with Gasteiger partial charge in [0.2, 0.25) is 21.8 Å². The summed E-state index contributed by atoms with van der Waals surface area (Å²) in [5.41, 5.74) is 0.502. The van der Waals surface area contributed by atoms with E-state index < -0.39 is 27.8 Å². The third-order valence-corrected chi connectivity index (χ3v) is 9.27. The van der Waals surface area contributed by atoms with Crippen molar-refractivity contribution in [1.29, 1.82) is 0 Å². The minimum atomic E-state index is -3.57. The topological polar surface area (TPSA) is 99.3 Å². The number of carbonyl (C=O) groups is 2. The summed E-state index contributed by atoms with van der Waals surface area (Å²) in [6.45, 7) is 9.22. The van der Waals surface area contributed by atoms with Gasteiger partial charge in [-0.1, -0.05) is 31.5 Å². The van der Waals surface area contributed by atoms with Gasteiger partial charge in [-0.05, 0) is 49.8 Å². The zero-order valence-corrected chi connectivity index (χ0v) is 25.4. The van der Waals surface area contributed by atoms with Crippen LogP contribution < -0.4 is 4.72 Å². The van der Waals surface area contributed by atoms with E-state index in [2.05, 4.69) is 9.62 Å². The van der Waals surface area contributed by atoms with Crippen LogP contribution in [0.4, 0.5) is 4.39 Å². The number of nitrogens with zero attached hydrogens (tertiary/aromatic N) is 3. The van der Waals surface area contributed by atoms with E-state index in [1.165, 1.54) is 6.07 Å². The maximum atomic E-state index is 15.1. The standard InChI is InChI=1S/C28H42ClFN4O5S/c1-18(2)13-26(31-40(4,37)38)28(36)32-9-10-34(19(3)15-32)27(35)24-17-33(21-7-11-39-12-8-21)16-23(24)22-6-5-20(29)14-25(22)30/h5-6,14,18-19,21,23-24,26,31H,7-13,15-17H2,1-4H3/t19-,23-,24+,26?/m0/s1. The molecule has 4 rings (SSSR count). The summed E-state index contributed by atoms with van der Waals surface area (Å²) < 4.78 is 47.0. The smallest absolute Gasteiger partial charge is 0.240 e. The lowest BCUT2D eigenvalue weighted by Gasteiger charge is -2.42. The lowest BCUT2D eigenvalue weighted by Crippen LogP contribution is -2.60. The molecule has 3 aliphatic rings. The van der Waals surface area contributed by atoms with Gasteiger partial charge in [0, 0.05) is 69.0 Å². The number of amides is 2. The molecule has 1 aromatic rings. The van der Waals surface area contributed by atoms with Crippen molar-refractivity contribution in [2.45, 2.75) is 64.1 Å². The number of carbonyl (C=O) groups excluding carboxylic acids is 2. The van der Waals surface area contributed by atoms with E-state index in [9.17, 15) is 18.0 Å². The molecule has 0 radical (unpaired) electrons. The zero-order valence-electron chi connectivity index (χ0n) is 23.8. The average molecular weight is 601 g/mol. The zero-order chi connectivity index (χ0) is 29.2. The molecule has 3 heterocycles. The van der Waals surface area contributed by atoms with Gasteiger partial charge in [0.1, 0.15) is 11.9 Å². The van der Waals surface area contributed by atoms with Crippen molar-refractivity contribution in [3.05, 3.63) is 34.6 Å². The Morgan fingerprint density at radius 3 is 2.45 bits per heavy atom. The molecular weight excluding hydrogens is 559 g/mol. The van der Waals surface area contributed by atoms with Gasteiger partial charge in [0.15, 0.2) is 0 Å². The first-order valence-corrected chi connectivity index (χ1v) is 16.4. The van der Waals surface area contributed by atoms with Crippen LogP contribution >= 0.6 is 11.6 Å². The molecule has 0 aliphatic carbocycles. The first-order valence-electron chi connectivity index (χ1n) is 14.2. The van der Waals surface area contributed by atoms with Crippen molar-refractivity contribution in [2.24, 2.45) is 11.8 Å². The van der Waals surface area contributed by atoms with Crippen LogP contribution in [0.25, 0.3) is 0 Å². The fraction of sp³-hybridized carbons (Fsp3) is 0.714. The summed E-state index contributed by atoms with van der Waals surface area (Å²) in [4.78, 5) is 33.2. The molecule has 3 fully saturated rings. The molecule has 1 unspecified atom stereocenters. The second-order valence-corrected chi connectivity index (χ2v) is 14.1. The fourth-order valence-corrected chi connectivity index (χ4v) is 7.27. The quantitative estimate of drug-likeness (QED) is 0.493. The van der Waals surface area contributed by atoms with Crippen LogP contribution in [0, 0.1) is 17.7 Å². The lowest BCUT2D eigenvalue weighted by atomic mass is 9.87. The predicted octanol–water partition coefficient (Wildman–Crippen LogP) is 2.70. The van der Waals surface area contributed by atoms with Crippen LogP contribution in [-0.4, -0.2) is 105 Å². The number of likely N-dealkylation sites (tertiary alicyclic amines) is 1. The number of rotatable bonds is 8. The number of sulfonamides is 1. The number of nitrogens with one attached hydrogen (secondary N) is 1. The summed E-state index contributed by atoms with van der Waals surface area (Å²) in [6.07, 6.45) is 3.20. The normalized spacial score (nSPS) is 25.9. The fourth-order valence-electron chi connectivity index (χ4n) is 6.40. The van der Waals surface area contributed by atoms with Crippen molar-refractivity contribution >= 4 is 33.4 Å². The molecule has 0 aromatic heterocycles. The Hall–Kier alpha value is -1.79. The second kappa shape index (κ2) is 13.0.